The fourth-order valence-electron chi connectivity index (χ4n) is 1.11. The molecule has 1 amide bonds. The SMILES string of the molecule is COC(=O)Nc1cc([N+](=O)[O-])c(C)cc1Br. The highest BCUT2D eigenvalue weighted by Gasteiger charge is 2.15. The Hall–Kier alpha value is -1.63. The molecule has 0 aliphatic carbocycles. The second kappa shape index (κ2) is 4.93. The number of nitro groups is 1. The molecule has 0 fully saturated rings. The highest BCUT2D eigenvalue weighted by molar-refractivity contribution is 9.10. The van der Waals surface area contributed by atoms with Gasteiger partial charge in [0.1, 0.15) is 0 Å². The molecule has 0 radical (unpaired) electrons. The van der Waals surface area contributed by atoms with E-state index in [1.165, 1.54) is 13.2 Å². The molecule has 0 saturated heterocycles. The maximum atomic E-state index is 11.0. The maximum Gasteiger partial charge on any atom is 0.411 e. The van der Waals surface area contributed by atoms with Gasteiger partial charge in [0, 0.05) is 16.1 Å². The summed E-state index contributed by atoms with van der Waals surface area (Å²) in [7, 11) is 1.21. The molecule has 16 heavy (non-hydrogen) atoms. The molecule has 0 heterocycles. The molecule has 0 saturated carbocycles. The Bertz CT molecular complexity index is 447. The van der Waals surface area contributed by atoms with Gasteiger partial charge in [-0.1, -0.05) is 0 Å². The zero-order valence-corrected chi connectivity index (χ0v) is 10.2. The normalized spacial score (nSPS) is 9.69. The predicted octanol–water partition coefficient (Wildman–Crippen LogP) is 2.84. The first-order valence-electron chi connectivity index (χ1n) is 4.25. The molecule has 86 valence electrons. The van der Waals surface area contributed by atoms with Crippen LogP contribution in [-0.2, 0) is 4.74 Å². The lowest BCUT2D eigenvalue weighted by Gasteiger charge is -2.07. The molecule has 0 aromatic heterocycles. The van der Waals surface area contributed by atoms with Crippen LogP contribution in [0.15, 0.2) is 16.6 Å². The van der Waals surface area contributed by atoms with Crippen LogP contribution in [0.1, 0.15) is 5.56 Å². The van der Waals surface area contributed by atoms with Gasteiger partial charge in [-0.05, 0) is 28.9 Å². The van der Waals surface area contributed by atoms with E-state index < -0.39 is 11.0 Å². The van der Waals surface area contributed by atoms with E-state index in [0.29, 0.717) is 15.7 Å². The number of carbonyl (C=O) groups excluding carboxylic acids is 1. The Labute approximate surface area is 99.9 Å². The molecule has 0 aliphatic heterocycles. The third-order valence-corrected chi connectivity index (χ3v) is 2.56. The number of hydrogen-bond acceptors (Lipinski definition) is 4. The molecule has 0 aliphatic rings. The minimum Gasteiger partial charge on any atom is -0.453 e. The topological polar surface area (TPSA) is 81.5 Å². The Kier molecular flexibility index (Phi) is 3.83. The zero-order chi connectivity index (χ0) is 12.3. The zero-order valence-electron chi connectivity index (χ0n) is 8.61. The molecule has 1 aromatic rings. The molecule has 1 rings (SSSR count). The molecular formula is C9H9BrN2O4. The van der Waals surface area contributed by atoms with Crippen LogP contribution < -0.4 is 5.32 Å². The summed E-state index contributed by atoms with van der Waals surface area (Å²) in [6.45, 7) is 1.62. The summed E-state index contributed by atoms with van der Waals surface area (Å²) < 4.78 is 4.96. The highest BCUT2D eigenvalue weighted by atomic mass is 79.9. The van der Waals surface area contributed by atoms with Gasteiger partial charge in [0.2, 0.25) is 0 Å². The quantitative estimate of drug-likeness (QED) is 0.670. The van der Waals surface area contributed by atoms with E-state index in [4.69, 9.17) is 0 Å². The number of ether oxygens (including phenoxy) is 1. The van der Waals surface area contributed by atoms with E-state index in [0.717, 1.165) is 0 Å². The van der Waals surface area contributed by atoms with E-state index in [-0.39, 0.29) is 5.69 Å². The van der Waals surface area contributed by atoms with Gasteiger partial charge in [0.05, 0.1) is 17.7 Å². The number of carbonyl (C=O) groups is 1. The first kappa shape index (κ1) is 12.4. The van der Waals surface area contributed by atoms with Crippen molar-refractivity contribution in [2.45, 2.75) is 6.92 Å². The van der Waals surface area contributed by atoms with E-state index in [2.05, 4.69) is 26.0 Å². The Morgan fingerprint density at radius 1 is 1.56 bits per heavy atom. The van der Waals surface area contributed by atoms with Crippen LogP contribution in [0.25, 0.3) is 0 Å². The van der Waals surface area contributed by atoms with Crippen LogP contribution >= 0.6 is 15.9 Å². The lowest BCUT2D eigenvalue weighted by molar-refractivity contribution is -0.385. The summed E-state index contributed by atoms with van der Waals surface area (Å²) in [5.41, 5.74) is 0.742. The monoisotopic (exact) mass is 288 g/mol. The number of halogens is 1. The summed E-state index contributed by atoms with van der Waals surface area (Å²) in [4.78, 5) is 21.2. The van der Waals surface area contributed by atoms with Gasteiger partial charge in [-0.25, -0.2) is 4.79 Å². The number of nitro benzene ring substituents is 1. The molecule has 0 atom stereocenters. The molecule has 7 heteroatoms. The number of methoxy groups -OCH3 is 1. The maximum absolute atomic E-state index is 11.0. The molecule has 1 N–H and O–H groups in total. The molecular weight excluding hydrogens is 280 g/mol. The van der Waals surface area contributed by atoms with Crippen LogP contribution in [0.3, 0.4) is 0 Å². The first-order chi connectivity index (χ1) is 7.45. The van der Waals surface area contributed by atoms with Crippen LogP contribution in [0.2, 0.25) is 0 Å². The van der Waals surface area contributed by atoms with Crippen molar-refractivity contribution in [1.29, 1.82) is 0 Å². The fourth-order valence-corrected chi connectivity index (χ4v) is 1.67. The number of nitrogens with one attached hydrogen (secondary N) is 1. The van der Waals surface area contributed by atoms with Gasteiger partial charge in [0.15, 0.2) is 0 Å². The van der Waals surface area contributed by atoms with Gasteiger partial charge < -0.3 is 4.74 Å². The Morgan fingerprint density at radius 3 is 2.69 bits per heavy atom. The minimum absolute atomic E-state index is 0.0606. The van der Waals surface area contributed by atoms with Crippen LogP contribution in [0, 0.1) is 17.0 Å². The van der Waals surface area contributed by atoms with Crippen LogP contribution in [-0.4, -0.2) is 18.1 Å². The van der Waals surface area contributed by atoms with Gasteiger partial charge in [-0.15, -0.1) is 0 Å². The summed E-state index contributed by atoms with van der Waals surface area (Å²) in [5.74, 6) is 0. The average molecular weight is 289 g/mol. The smallest absolute Gasteiger partial charge is 0.411 e. The number of nitrogens with zero attached hydrogens (tertiary/aromatic N) is 1. The van der Waals surface area contributed by atoms with Crippen molar-refractivity contribution in [2.24, 2.45) is 0 Å². The average Bonchev–Trinajstić information content (AvgIpc) is 2.21. The molecule has 0 unspecified atom stereocenters. The third-order valence-electron chi connectivity index (χ3n) is 1.90. The summed E-state index contributed by atoms with van der Waals surface area (Å²) in [6.07, 6.45) is -0.682. The largest absolute Gasteiger partial charge is 0.453 e. The van der Waals surface area contributed by atoms with Crippen molar-refractivity contribution in [1.82, 2.24) is 0 Å². The summed E-state index contributed by atoms with van der Waals surface area (Å²) in [5, 5.41) is 13.1. The number of rotatable bonds is 2. The summed E-state index contributed by atoms with van der Waals surface area (Å²) >= 11 is 3.20. The van der Waals surface area contributed by atoms with Crippen molar-refractivity contribution >= 4 is 33.4 Å². The molecule has 1 aromatic carbocycles. The lowest BCUT2D eigenvalue weighted by atomic mass is 10.2. The first-order valence-corrected chi connectivity index (χ1v) is 5.04. The van der Waals surface area contributed by atoms with E-state index in [1.807, 2.05) is 0 Å². The number of amides is 1. The van der Waals surface area contributed by atoms with Gasteiger partial charge in [0.25, 0.3) is 5.69 Å². The van der Waals surface area contributed by atoms with Gasteiger partial charge in [-0.3, -0.25) is 15.4 Å². The van der Waals surface area contributed by atoms with E-state index >= 15 is 0 Å². The second-order valence-corrected chi connectivity index (χ2v) is 3.85. The van der Waals surface area contributed by atoms with E-state index in [1.54, 1.807) is 13.0 Å². The van der Waals surface area contributed by atoms with Crippen LogP contribution in [0.4, 0.5) is 16.2 Å². The third kappa shape index (κ3) is 2.69. The molecule has 0 bridgehead atoms. The minimum atomic E-state index is -0.682. The van der Waals surface area contributed by atoms with Gasteiger partial charge >= 0.3 is 6.09 Å². The van der Waals surface area contributed by atoms with Crippen LogP contribution in [0.5, 0.6) is 0 Å². The molecule has 0 spiro atoms. The van der Waals surface area contributed by atoms with E-state index in [9.17, 15) is 14.9 Å². The number of aryl methyl sites for hydroxylation is 1. The van der Waals surface area contributed by atoms with Crippen molar-refractivity contribution in [2.75, 3.05) is 12.4 Å². The van der Waals surface area contributed by atoms with Crippen molar-refractivity contribution in [3.63, 3.8) is 0 Å². The highest BCUT2D eigenvalue weighted by Crippen LogP contribution is 2.30. The van der Waals surface area contributed by atoms with Gasteiger partial charge in [-0.2, -0.15) is 0 Å². The second-order valence-electron chi connectivity index (χ2n) is 2.99. The fraction of sp³-hybridized carbons (Fsp3) is 0.222. The van der Waals surface area contributed by atoms with Crippen molar-refractivity contribution in [3.05, 3.63) is 32.3 Å². The number of benzene rings is 1. The predicted molar refractivity (Wildman–Crippen MR) is 61.6 cm³/mol. The van der Waals surface area contributed by atoms with Crippen molar-refractivity contribution in [3.8, 4) is 0 Å². The van der Waals surface area contributed by atoms with Crippen molar-refractivity contribution < 1.29 is 14.5 Å². The summed E-state index contributed by atoms with van der Waals surface area (Å²) in [6, 6.07) is 2.83. The number of anilines is 1. The standard InChI is InChI=1S/C9H9BrN2O4/c1-5-3-6(10)7(11-9(13)16-2)4-8(5)12(14)15/h3-4H,1-2H3,(H,11,13). The Morgan fingerprint density at radius 2 is 2.19 bits per heavy atom. The number of hydrogen-bond donors (Lipinski definition) is 1. The molecule has 6 nitrogen and oxygen atoms in total. The Balaban J connectivity index is 3.14. The lowest BCUT2D eigenvalue weighted by Crippen LogP contribution is -2.11.